The van der Waals surface area contributed by atoms with E-state index in [9.17, 15) is 5.11 Å². The standard InChI is InChI=1S/C10H23NO/c1-7-11(8-2)9(3,4)10(5,6)12/h12H,7-8H2,1-6H3. The smallest absolute Gasteiger partial charge is 0.0769 e. The van der Waals surface area contributed by atoms with Gasteiger partial charge in [-0.15, -0.1) is 0 Å². The van der Waals surface area contributed by atoms with Crippen LogP contribution in [0.1, 0.15) is 41.5 Å². The summed E-state index contributed by atoms with van der Waals surface area (Å²) >= 11 is 0. The lowest BCUT2D eigenvalue weighted by atomic mass is 9.84. The quantitative estimate of drug-likeness (QED) is 0.701. The summed E-state index contributed by atoms with van der Waals surface area (Å²) in [6.07, 6.45) is 0. The fourth-order valence-corrected chi connectivity index (χ4v) is 1.40. The van der Waals surface area contributed by atoms with Crippen molar-refractivity contribution in [2.24, 2.45) is 0 Å². The molecule has 0 aromatic carbocycles. The zero-order valence-electron chi connectivity index (χ0n) is 9.31. The first-order chi connectivity index (χ1) is 5.27. The summed E-state index contributed by atoms with van der Waals surface area (Å²) in [7, 11) is 0. The Labute approximate surface area is 76.6 Å². The molecule has 1 N–H and O–H groups in total. The minimum atomic E-state index is -0.654. The second-order valence-electron chi connectivity index (χ2n) is 4.29. The zero-order chi connectivity index (χ0) is 9.99. The molecule has 0 saturated carbocycles. The van der Waals surface area contributed by atoms with E-state index in [1.165, 1.54) is 0 Å². The van der Waals surface area contributed by atoms with Gasteiger partial charge in [0.1, 0.15) is 0 Å². The molecule has 0 heterocycles. The average Bonchev–Trinajstić information content (AvgIpc) is 1.87. The lowest BCUT2D eigenvalue weighted by Gasteiger charge is -2.45. The van der Waals surface area contributed by atoms with Crippen molar-refractivity contribution in [3.8, 4) is 0 Å². The van der Waals surface area contributed by atoms with Gasteiger partial charge in [-0.2, -0.15) is 0 Å². The molecule has 0 aromatic rings. The van der Waals surface area contributed by atoms with Gasteiger partial charge < -0.3 is 5.11 Å². The maximum atomic E-state index is 9.94. The largest absolute Gasteiger partial charge is 0.389 e. The van der Waals surface area contributed by atoms with Crippen LogP contribution in [-0.2, 0) is 0 Å². The normalized spacial score (nSPS) is 14.0. The first-order valence-corrected chi connectivity index (χ1v) is 4.74. The van der Waals surface area contributed by atoms with Crippen LogP contribution in [0.5, 0.6) is 0 Å². The Bertz CT molecular complexity index is 131. The van der Waals surface area contributed by atoms with Crippen molar-refractivity contribution in [2.75, 3.05) is 13.1 Å². The molecule has 2 heteroatoms. The fraction of sp³-hybridized carbons (Fsp3) is 1.00. The van der Waals surface area contributed by atoms with Crippen LogP contribution in [-0.4, -0.2) is 34.2 Å². The summed E-state index contributed by atoms with van der Waals surface area (Å²) < 4.78 is 0. The summed E-state index contributed by atoms with van der Waals surface area (Å²) in [5.41, 5.74) is -0.810. The lowest BCUT2D eigenvalue weighted by Crippen LogP contribution is -2.57. The molecular formula is C10H23NO. The van der Waals surface area contributed by atoms with Crippen molar-refractivity contribution in [3.05, 3.63) is 0 Å². The molecule has 2 nitrogen and oxygen atoms in total. The molecule has 0 aromatic heterocycles. The van der Waals surface area contributed by atoms with Crippen LogP contribution in [0.25, 0.3) is 0 Å². The minimum Gasteiger partial charge on any atom is -0.389 e. The van der Waals surface area contributed by atoms with Gasteiger partial charge in [0.25, 0.3) is 0 Å². The molecule has 0 atom stereocenters. The molecular weight excluding hydrogens is 150 g/mol. The summed E-state index contributed by atoms with van der Waals surface area (Å²) in [6.45, 7) is 14.1. The molecule has 0 amide bonds. The molecule has 74 valence electrons. The van der Waals surface area contributed by atoms with E-state index >= 15 is 0 Å². The van der Waals surface area contributed by atoms with Crippen LogP contribution in [0.15, 0.2) is 0 Å². The van der Waals surface area contributed by atoms with E-state index in [1.54, 1.807) is 0 Å². The van der Waals surface area contributed by atoms with Crippen molar-refractivity contribution in [2.45, 2.75) is 52.7 Å². The molecule has 0 rings (SSSR count). The van der Waals surface area contributed by atoms with Crippen LogP contribution in [0.2, 0.25) is 0 Å². The van der Waals surface area contributed by atoms with E-state index in [2.05, 4.69) is 32.6 Å². The van der Waals surface area contributed by atoms with Gasteiger partial charge in [-0.3, -0.25) is 4.90 Å². The van der Waals surface area contributed by atoms with Gasteiger partial charge in [-0.05, 0) is 40.8 Å². The second-order valence-corrected chi connectivity index (χ2v) is 4.29. The summed E-state index contributed by atoms with van der Waals surface area (Å²) in [4.78, 5) is 2.27. The molecule has 12 heavy (non-hydrogen) atoms. The van der Waals surface area contributed by atoms with Crippen LogP contribution in [0.3, 0.4) is 0 Å². The predicted molar refractivity (Wildman–Crippen MR) is 53.3 cm³/mol. The highest BCUT2D eigenvalue weighted by molar-refractivity contribution is 4.94. The lowest BCUT2D eigenvalue weighted by molar-refractivity contribution is -0.0690. The summed E-state index contributed by atoms with van der Waals surface area (Å²) in [5.74, 6) is 0. The van der Waals surface area contributed by atoms with E-state index in [4.69, 9.17) is 0 Å². The highest BCUT2D eigenvalue weighted by Gasteiger charge is 2.38. The van der Waals surface area contributed by atoms with Gasteiger partial charge in [0, 0.05) is 5.54 Å². The highest BCUT2D eigenvalue weighted by Crippen LogP contribution is 2.27. The van der Waals surface area contributed by atoms with E-state index in [-0.39, 0.29) is 5.54 Å². The van der Waals surface area contributed by atoms with Crippen LogP contribution < -0.4 is 0 Å². The monoisotopic (exact) mass is 173 g/mol. The SMILES string of the molecule is CCN(CC)C(C)(C)C(C)(C)O. The van der Waals surface area contributed by atoms with Crippen LogP contribution >= 0.6 is 0 Å². The van der Waals surface area contributed by atoms with E-state index in [0.717, 1.165) is 13.1 Å². The van der Waals surface area contributed by atoms with Gasteiger partial charge in [0.2, 0.25) is 0 Å². The Morgan fingerprint density at radius 2 is 1.33 bits per heavy atom. The van der Waals surface area contributed by atoms with Gasteiger partial charge in [-0.25, -0.2) is 0 Å². The van der Waals surface area contributed by atoms with Gasteiger partial charge in [0.05, 0.1) is 5.60 Å². The van der Waals surface area contributed by atoms with E-state index in [0.29, 0.717) is 0 Å². The summed E-state index contributed by atoms with van der Waals surface area (Å²) in [5, 5.41) is 9.94. The first kappa shape index (κ1) is 11.9. The van der Waals surface area contributed by atoms with E-state index < -0.39 is 5.60 Å². The first-order valence-electron chi connectivity index (χ1n) is 4.74. The third-order valence-corrected chi connectivity index (χ3v) is 3.05. The number of aliphatic hydroxyl groups is 1. The van der Waals surface area contributed by atoms with Crippen LogP contribution in [0, 0.1) is 0 Å². The molecule has 0 spiro atoms. The fourth-order valence-electron chi connectivity index (χ4n) is 1.40. The highest BCUT2D eigenvalue weighted by atomic mass is 16.3. The number of nitrogens with zero attached hydrogens (tertiary/aromatic N) is 1. The molecule has 0 bridgehead atoms. The number of likely N-dealkylation sites (N-methyl/N-ethyl adjacent to an activating group) is 1. The van der Waals surface area contributed by atoms with Crippen molar-refractivity contribution < 1.29 is 5.11 Å². The van der Waals surface area contributed by atoms with E-state index in [1.807, 2.05) is 13.8 Å². The van der Waals surface area contributed by atoms with Crippen molar-refractivity contribution in [1.29, 1.82) is 0 Å². The average molecular weight is 173 g/mol. The molecule has 0 aliphatic heterocycles. The summed E-state index contributed by atoms with van der Waals surface area (Å²) in [6, 6.07) is 0. The Morgan fingerprint density at radius 3 is 1.42 bits per heavy atom. The minimum absolute atomic E-state index is 0.156. The van der Waals surface area contributed by atoms with Gasteiger partial charge in [-0.1, -0.05) is 13.8 Å². The maximum absolute atomic E-state index is 9.94. The zero-order valence-corrected chi connectivity index (χ0v) is 9.31. The van der Waals surface area contributed by atoms with Gasteiger partial charge >= 0.3 is 0 Å². The second kappa shape index (κ2) is 3.75. The van der Waals surface area contributed by atoms with Gasteiger partial charge in [0.15, 0.2) is 0 Å². The number of hydrogen-bond donors (Lipinski definition) is 1. The number of rotatable bonds is 4. The third-order valence-electron chi connectivity index (χ3n) is 3.05. The Hall–Kier alpha value is -0.0800. The molecule has 0 saturated heterocycles. The number of hydrogen-bond acceptors (Lipinski definition) is 2. The van der Waals surface area contributed by atoms with Crippen molar-refractivity contribution >= 4 is 0 Å². The van der Waals surface area contributed by atoms with Crippen molar-refractivity contribution in [1.82, 2.24) is 4.90 Å². The molecule has 0 fully saturated rings. The molecule has 0 aliphatic rings. The van der Waals surface area contributed by atoms with Crippen LogP contribution in [0.4, 0.5) is 0 Å². The maximum Gasteiger partial charge on any atom is 0.0769 e. The Morgan fingerprint density at radius 1 is 1.00 bits per heavy atom. The molecule has 0 aliphatic carbocycles. The molecule has 0 radical (unpaired) electrons. The Kier molecular flexibility index (Phi) is 3.73. The third kappa shape index (κ3) is 2.20. The molecule has 0 unspecified atom stereocenters. The topological polar surface area (TPSA) is 23.5 Å². The van der Waals surface area contributed by atoms with Crippen molar-refractivity contribution in [3.63, 3.8) is 0 Å². The Balaban J connectivity index is 4.57. The predicted octanol–water partition coefficient (Wildman–Crippen LogP) is 1.88.